The number of nitrogens with one attached hydrogen (secondary N) is 2. The molecule has 0 saturated carbocycles. The third-order valence-corrected chi connectivity index (χ3v) is 3.78. The lowest BCUT2D eigenvalue weighted by atomic mass is 10.0. The Kier molecular flexibility index (Phi) is 2.14. The van der Waals surface area contributed by atoms with Crippen LogP contribution in [0.25, 0.3) is 10.8 Å². The number of benzene rings is 2. The Morgan fingerprint density at radius 2 is 2.00 bits per heavy atom. The number of anilines is 1. The number of hydrogen-bond acceptors (Lipinski definition) is 3. The molecule has 3 nitrogen and oxygen atoms in total. The standard InChI is InChI=1S/C15H15N3/c1-4-10-5-2-7-12-14(10)11(6-1)17-15(18-12)13-8-3-9-16-13/h1-2,4-7,13,16H,3,8-9H2,(H,17,18)/t13-/m0/s1. The minimum Gasteiger partial charge on any atom is -0.342 e. The molecule has 0 radical (unpaired) electrons. The normalized spacial score (nSPS) is 21.8. The molecule has 1 atom stereocenters. The number of aliphatic imine (C=N–C) groups is 1. The molecule has 0 aromatic heterocycles. The van der Waals surface area contributed by atoms with E-state index in [9.17, 15) is 0 Å². The third-order valence-electron chi connectivity index (χ3n) is 3.78. The van der Waals surface area contributed by atoms with Crippen LogP contribution in [0.2, 0.25) is 0 Å². The highest BCUT2D eigenvalue weighted by atomic mass is 15.1. The van der Waals surface area contributed by atoms with Gasteiger partial charge in [-0.3, -0.25) is 0 Å². The lowest BCUT2D eigenvalue weighted by molar-refractivity contribution is 0.760. The molecule has 0 aliphatic carbocycles. The summed E-state index contributed by atoms with van der Waals surface area (Å²) in [5.74, 6) is 1.07. The molecule has 2 aliphatic heterocycles. The fourth-order valence-corrected chi connectivity index (χ4v) is 2.90. The van der Waals surface area contributed by atoms with Crippen LogP contribution in [0, 0.1) is 0 Å². The molecule has 3 heteroatoms. The second-order valence-corrected chi connectivity index (χ2v) is 4.95. The molecular formula is C15H15N3. The number of rotatable bonds is 1. The highest BCUT2D eigenvalue weighted by molar-refractivity contribution is 6.15. The van der Waals surface area contributed by atoms with Gasteiger partial charge in [-0.15, -0.1) is 0 Å². The Bertz CT molecular complexity index is 634. The summed E-state index contributed by atoms with van der Waals surface area (Å²) in [6, 6.07) is 13.1. The first kappa shape index (κ1) is 10.1. The van der Waals surface area contributed by atoms with Crippen LogP contribution < -0.4 is 10.6 Å². The van der Waals surface area contributed by atoms with Crippen molar-refractivity contribution in [2.24, 2.45) is 4.99 Å². The van der Waals surface area contributed by atoms with Gasteiger partial charge in [-0.2, -0.15) is 0 Å². The minimum absolute atomic E-state index is 0.383. The van der Waals surface area contributed by atoms with Crippen molar-refractivity contribution in [3.63, 3.8) is 0 Å². The van der Waals surface area contributed by atoms with Gasteiger partial charge < -0.3 is 10.6 Å². The lowest BCUT2D eigenvalue weighted by Crippen LogP contribution is -2.36. The summed E-state index contributed by atoms with van der Waals surface area (Å²) in [6.07, 6.45) is 2.40. The molecule has 2 N–H and O–H groups in total. The summed E-state index contributed by atoms with van der Waals surface area (Å²) < 4.78 is 0. The van der Waals surface area contributed by atoms with E-state index in [2.05, 4.69) is 47.0 Å². The van der Waals surface area contributed by atoms with Crippen LogP contribution in [-0.4, -0.2) is 18.4 Å². The first-order valence-corrected chi connectivity index (χ1v) is 6.52. The molecule has 18 heavy (non-hydrogen) atoms. The van der Waals surface area contributed by atoms with Crippen LogP contribution in [0.15, 0.2) is 41.4 Å². The highest BCUT2D eigenvalue weighted by Gasteiger charge is 2.23. The van der Waals surface area contributed by atoms with Crippen LogP contribution in [0.3, 0.4) is 0 Å². The first-order valence-electron chi connectivity index (χ1n) is 6.52. The SMILES string of the molecule is c1cc2c3c(cccc3c1)NC([C@@H]1CCCN1)=N2. The van der Waals surface area contributed by atoms with Crippen LogP contribution in [-0.2, 0) is 0 Å². The summed E-state index contributed by atoms with van der Waals surface area (Å²) >= 11 is 0. The third kappa shape index (κ3) is 1.44. The maximum atomic E-state index is 4.79. The van der Waals surface area contributed by atoms with E-state index in [-0.39, 0.29) is 0 Å². The minimum atomic E-state index is 0.383. The monoisotopic (exact) mass is 237 g/mol. The van der Waals surface area contributed by atoms with E-state index in [0.717, 1.165) is 18.1 Å². The van der Waals surface area contributed by atoms with Crippen molar-refractivity contribution in [1.82, 2.24) is 5.32 Å². The van der Waals surface area contributed by atoms with E-state index < -0.39 is 0 Å². The Balaban J connectivity index is 1.88. The van der Waals surface area contributed by atoms with Crippen molar-refractivity contribution in [3.8, 4) is 0 Å². The van der Waals surface area contributed by atoms with Crippen molar-refractivity contribution in [2.75, 3.05) is 11.9 Å². The number of hydrogen-bond donors (Lipinski definition) is 2. The summed E-state index contributed by atoms with van der Waals surface area (Å²) in [4.78, 5) is 4.79. The van der Waals surface area contributed by atoms with Crippen molar-refractivity contribution < 1.29 is 0 Å². The molecule has 4 rings (SSSR count). The van der Waals surface area contributed by atoms with Gasteiger partial charge in [0.15, 0.2) is 0 Å². The molecule has 2 aromatic rings. The van der Waals surface area contributed by atoms with Crippen molar-refractivity contribution in [2.45, 2.75) is 18.9 Å². The maximum absolute atomic E-state index is 4.79. The fourth-order valence-electron chi connectivity index (χ4n) is 2.90. The van der Waals surface area contributed by atoms with Crippen molar-refractivity contribution in [3.05, 3.63) is 36.4 Å². The van der Waals surface area contributed by atoms with Crippen LogP contribution in [0.5, 0.6) is 0 Å². The zero-order valence-electron chi connectivity index (χ0n) is 10.1. The second-order valence-electron chi connectivity index (χ2n) is 4.95. The quantitative estimate of drug-likeness (QED) is 0.799. The summed E-state index contributed by atoms with van der Waals surface area (Å²) in [5.41, 5.74) is 2.27. The van der Waals surface area contributed by atoms with Gasteiger partial charge >= 0.3 is 0 Å². The molecule has 2 aliphatic rings. The van der Waals surface area contributed by atoms with E-state index >= 15 is 0 Å². The maximum Gasteiger partial charge on any atom is 0.124 e. The molecule has 90 valence electrons. The largest absolute Gasteiger partial charge is 0.342 e. The average Bonchev–Trinajstić information content (AvgIpc) is 2.93. The molecular weight excluding hydrogens is 222 g/mol. The zero-order valence-corrected chi connectivity index (χ0v) is 10.1. The van der Waals surface area contributed by atoms with E-state index in [1.54, 1.807) is 0 Å². The Labute approximate surface area is 106 Å². The molecule has 0 bridgehead atoms. The zero-order chi connectivity index (χ0) is 11.9. The van der Waals surface area contributed by atoms with Gasteiger partial charge in [-0.05, 0) is 36.9 Å². The Morgan fingerprint density at radius 1 is 1.11 bits per heavy atom. The Hall–Kier alpha value is -1.87. The van der Waals surface area contributed by atoms with Gasteiger partial charge in [-0.1, -0.05) is 24.3 Å². The van der Waals surface area contributed by atoms with Gasteiger partial charge in [-0.25, -0.2) is 4.99 Å². The summed E-state index contributed by atoms with van der Waals surface area (Å²) in [6.45, 7) is 1.09. The van der Waals surface area contributed by atoms with E-state index in [4.69, 9.17) is 4.99 Å². The second kappa shape index (κ2) is 3.82. The molecule has 0 amide bonds. The van der Waals surface area contributed by atoms with Crippen LogP contribution in [0.1, 0.15) is 12.8 Å². The van der Waals surface area contributed by atoms with E-state index in [1.807, 2.05) is 0 Å². The predicted octanol–water partition coefficient (Wildman–Crippen LogP) is 3.05. The molecule has 2 heterocycles. The van der Waals surface area contributed by atoms with Gasteiger partial charge in [0.1, 0.15) is 5.84 Å². The highest BCUT2D eigenvalue weighted by Crippen LogP contribution is 2.36. The predicted molar refractivity (Wildman–Crippen MR) is 75.7 cm³/mol. The molecule has 1 saturated heterocycles. The van der Waals surface area contributed by atoms with Gasteiger partial charge in [0.25, 0.3) is 0 Å². The lowest BCUT2D eigenvalue weighted by Gasteiger charge is -2.22. The van der Waals surface area contributed by atoms with Crippen molar-refractivity contribution >= 4 is 28.0 Å². The molecule has 2 aromatic carbocycles. The first-order chi connectivity index (χ1) is 8.92. The van der Waals surface area contributed by atoms with Gasteiger partial charge in [0.2, 0.25) is 0 Å². The molecule has 0 unspecified atom stereocenters. The van der Waals surface area contributed by atoms with Gasteiger partial charge in [0.05, 0.1) is 11.7 Å². The summed E-state index contributed by atoms with van der Waals surface area (Å²) in [7, 11) is 0. The number of nitrogens with zero attached hydrogens (tertiary/aromatic N) is 1. The van der Waals surface area contributed by atoms with Crippen LogP contribution in [0.4, 0.5) is 11.4 Å². The topological polar surface area (TPSA) is 36.4 Å². The van der Waals surface area contributed by atoms with Crippen LogP contribution >= 0.6 is 0 Å². The molecule has 0 spiro atoms. The molecule has 1 fully saturated rings. The Morgan fingerprint density at radius 3 is 2.83 bits per heavy atom. The number of amidine groups is 1. The van der Waals surface area contributed by atoms with Gasteiger partial charge in [0, 0.05) is 11.1 Å². The summed E-state index contributed by atoms with van der Waals surface area (Å²) in [5, 5.41) is 9.47. The van der Waals surface area contributed by atoms with E-state index in [0.29, 0.717) is 6.04 Å². The van der Waals surface area contributed by atoms with E-state index in [1.165, 1.54) is 29.3 Å². The fraction of sp³-hybridized carbons (Fsp3) is 0.267. The smallest absolute Gasteiger partial charge is 0.124 e. The van der Waals surface area contributed by atoms with Crippen molar-refractivity contribution in [1.29, 1.82) is 0 Å². The average molecular weight is 237 g/mol.